The molecule has 0 atom stereocenters. The summed E-state index contributed by atoms with van der Waals surface area (Å²) in [4.78, 5) is 15.1. The van der Waals surface area contributed by atoms with Gasteiger partial charge in [0.1, 0.15) is 11.6 Å². The van der Waals surface area contributed by atoms with Gasteiger partial charge in [0.25, 0.3) is 5.91 Å². The Morgan fingerprint density at radius 3 is 2.64 bits per heavy atom. The number of halogens is 1. The standard InChI is InChI=1S/C24H20FN3O4S/c1-30-20-10-9-16(12-21(20)31-2)13-22-23(29)28(15-18-7-5-11-32-18)24(33-22)27-26-14-17-6-3-4-8-19(17)25/h3-14H,15H2,1-2H3/b22-13-,26-14-,27-24+. The van der Waals surface area contributed by atoms with E-state index in [2.05, 4.69) is 10.2 Å². The highest BCUT2D eigenvalue weighted by Gasteiger charge is 2.34. The SMILES string of the molecule is COc1ccc(/C=C2\S/C(=N/N=C\c3ccccc3F)N(Cc3ccco3)C2=O)cc1OC. The van der Waals surface area contributed by atoms with Crippen molar-refractivity contribution in [2.45, 2.75) is 6.54 Å². The van der Waals surface area contributed by atoms with Crippen molar-refractivity contribution in [1.29, 1.82) is 0 Å². The predicted octanol–water partition coefficient (Wildman–Crippen LogP) is 4.94. The van der Waals surface area contributed by atoms with Crippen molar-refractivity contribution in [2.24, 2.45) is 10.2 Å². The lowest BCUT2D eigenvalue weighted by atomic mass is 10.2. The normalized spacial score (nSPS) is 16.3. The second-order valence-electron chi connectivity index (χ2n) is 6.84. The number of nitrogens with zero attached hydrogens (tertiary/aromatic N) is 3. The first-order chi connectivity index (χ1) is 16.1. The second-order valence-corrected chi connectivity index (χ2v) is 7.85. The van der Waals surface area contributed by atoms with Crippen LogP contribution in [-0.2, 0) is 11.3 Å². The summed E-state index contributed by atoms with van der Waals surface area (Å²) in [5, 5.41) is 8.55. The Morgan fingerprint density at radius 2 is 1.91 bits per heavy atom. The number of hydrogen-bond acceptors (Lipinski definition) is 7. The molecule has 7 nitrogen and oxygen atoms in total. The van der Waals surface area contributed by atoms with Crippen molar-refractivity contribution in [3.8, 4) is 11.5 Å². The molecule has 2 aromatic carbocycles. The summed E-state index contributed by atoms with van der Waals surface area (Å²) >= 11 is 1.17. The fraction of sp³-hybridized carbons (Fsp3) is 0.125. The maximum atomic E-state index is 13.9. The monoisotopic (exact) mass is 465 g/mol. The van der Waals surface area contributed by atoms with Gasteiger partial charge in [0.15, 0.2) is 16.7 Å². The van der Waals surface area contributed by atoms with Crippen molar-refractivity contribution in [1.82, 2.24) is 4.90 Å². The van der Waals surface area contributed by atoms with Crippen molar-refractivity contribution in [2.75, 3.05) is 14.2 Å². The maximum absolute atomic E-state index is 13.9. The number of amides is 1. The van der Waals surface area contributed by atoms with E-state index in [4.69, 9.17) is 13.9 Å². The van der Waals surface area contributed by atoms with E-state index in [1.807, 2.05) is 6.07 Å². The number of ether oxygens (including phenoxy) is 2. The number of rotatable bonds is 7. The first-order valence-corrected chi connectivity index (χ1v) is 10.7. The Labute approximate surface area is 194 Å². The fourth-order valence-electron chi connectivity index (χ4n) is 3.09. The molecule has 0 N–H and O–H groups in total. The quantitative estimate of drug-likeness (QED) is 0.281. The van der Waals surface area contributed by atoms with Gasteiger partial charge in [-0.25, -0.2) is 4.39 Å². The molecule has 0 bridgehead atoms. The topological polar surface area (TPSA) is 76.6 Å². The van der Waals surface area contributed by atoms with Crippen LogP contribution in [0, 0.1) is 5.82 Å². The van der Waals surface area contributed by atoms with Crippen LogP contribution in [0.1, 0.15) is 16.9 Å². The Bertz CT molecular complexity index is 1240. The summed E-state index contributed by atoms with van der Waals surface area (Å²) in [6.07, 6.45) is 4.60. The summed E-state index contributed by atoms with van der Waals surface area (Å²) < 4.78 is 29.9. The number of furan rings is 1. The molecule has 1 fully saturated rings. The zero-order valence-electron chi connectivity index (χ0n) is 17.9. The average molecular weight is 466 g/mol. The average Bonchev–Trinajstić information content (AvgIpc) is 3.44. The van der Waals surface area contributed by atoms with Gasteiger partial charge in [0, 0.05) is 5.56 Å². The van der Waals surface area contributed by atoms with Gasteiger partial charge in [-0.1, -0.05) is 24.3 Å². The molecule has 1 aliphatic heterocycles. The molecule has 3 aromatic rings. The van der Waals surface area contributed by atoms with Gasteiger partial charge in [-0.2, -0.15) is 5.10 Å². The Morgan fingerprint density at radius 1 is 1.09 bits per heavy atom. The van der Waals surface area contributed by atoms with Crippen molar-refractivity contribution in [3.05, 3.63) is 88.5 Å². The first kappa shape index (κ1) is 22.3. The molecular weight excluding hydrogens is 445 g/mol. The lowest BCUT2D eigenvalue weighted by molar-refractivity contribution is -0.122. The van der Waals surface area contributed by atoms with Crippen LogP contribution in [0.3, 0.4) is 0 Å². The minimum absolute atomic E-state index is 0.191. The van der Waals surface area contributed by atoms with Crippen LogP contribution in [0.5, 0.6) is 11.5 Å². The van der Waals surface area contributed by atoms with Gasteiger partial charge < -0.3 is 13.9 Å². The van der Waals surface area contributed by atoms with E-state index in [0.717, 1.165) is 5.56 Å². The molecule has 33 heavy (non-hydrogen) atoms. The zero-order valence-corrected chi connectivity index (χ0v) is 18.7. The Balaban J connectivity index is 1.64. The molecule has 4 rings (SSSR count). The Hall–Kier alpha value is -3.85. The van der Waals surface area contributed by atoms with Crippen LogP contribution in [0.4, 0.5) is 4.39 Å². The molecule has 1 aliphatic rings. The summed E-state index contributed by atoms with van der Waals surface area (Å²) in [6, 6.07) is 15.1. The van der Waals surface area contributed by atoms with Crippen LogP contribution < -0.4 is 9.47 Å². The summed E-state index contributed by atoms with van der Waals surface area (Å²) in [7, 11) is 3.11. The van der Waals surface area contributed by atoms with E-state index >= 15 is 0 Å². The molecular formula is C24H20FN3O4S. The summed E-state index contributed by atoms with van der Waals surface area (Å²) in [6.45, 7) is 0.191. The molecule has 1 amide bonds. The third kappa shape index (κ3) is 5.15. The van der Waals surface area contributed by atoms with Gasteiger partial charge in [0.2, 0.25) is 0 Å². The van der Waals surface area contributed by atoms with Crippen molar-refractivity contribution >= 4 is 35.1 Å². The lowest BCUT2D eigenvalue weighted by Gasteiger charge is -2.12. The van der Waals surface area contributed by atoms with E-state index < -0.39 is 5.82 Å². The Kier molecular flexibility index (Phi) is 6.89. The van der Waals surface area contributed by atoms with E-state index in [0.29, 0.717) is 32.9 Å². The number of thioether (sulfide) groups is 1. The number of amidine groups is 1. The number of hydrogen-bond donors (Lipinski definition) is 0. The highest BCUT2D eigenvalue weighted by atomic mass is 32.2. The van der Waals surface area contributed by atoms with Crippen LogP contribution in [0.15, 0.2) is 80.4 Å². The predicted molar refractivity (Wildman–Crippen MR) is 126 cm³/mol. The molecule has 168 valence electrons. The first-order valence-electron chi connectivity index (χ1n) is 9.90. The minimum atomic E-state index is -0.405. The smallest absolute Gasteiger partial charge is 0.267 e. The fourth-order valence-corrected chi connectivity index (χ4v) is 4.03. The van der Waals surface area contributed by atoms with Crippen LogP contribution in [-0.4, -0.2) is 36.4 Å². The highest BCUT2D eigenvalue weighted by Crippen LogP contribution is 2.35. The molecule has 1 saturated heterocycles. The van der Waals surface area contributed by atoms with Crippen LogP contribution in [0.2, 0.25) is 0 Å². The minimum Gasteiger partial charge on any atom is -0.493 e. The van der Waals surface area contributed by atoms with E-state index in [-0.39, 0.29) is 12.5 Å². The molecule has 0 spiro atoms. The van der Waals surface area contributed by atoms with Gasteiger partial charge >= 0.3 is 0 Å². The molecule has 9 heteroatoms. The third-order valence-electron chi connectivity index (χ3n) is 4.73. The number of methoxy groups -OCH3 is 2. The maximum Gasteiger partial charge on any atom is 0.267 e. The molecule has 0 aliphatic carbocycles. The molecule has 0 saturated carbocycles. The van der Waals surface area contributed by atoms with Crippen molar-refractivity contribution < 1.29 is 23.1 Å². The van der Waals surface area contributed by atoms with Gasteiger partial charge in [-0.3, -0.25) is 9.69 Å². The number of carbonyl (C=O) groups is 1. The zero-order chi connectivity index (χ0) is 23.2. The van der Waals surface area contributed by atoms with Gasteiger partial charge in [0.05, 0.1) is 38.1 Å². The van der Waals surface area contributed by atoms with Gasteiger partial charge in [-0.15, -0.1) is 5.10 Å². The highest BCUT2D eigenvalue weighted by molar-refractivity contribution is 8.18. The second kappa shape index (κ2) is 10.2. The third-order valence-corrected chi connectivity index (χ3v) is 5.73. The van der Waals surface area contributed by atoms with Crippen LogP contribution in [0.25, 0.3) is 6.08 Å². The lowest BCUT2D eigenvalue weighted by Crippen LogP contribution is -2.28. The van der Waals surface area contributed by atoms with E-state index in [9.17, 15) is 9.18 Å². The van der Waals surface area contributed by atoms with Crippen molar-refractivity contribution in [3.63, 3.8) is 0 Å². The molecule has 1 aromatic heterocycles. The summed E-state index contributed by atoms with van der Waals surface area (Å²) in [5.41, 5.74) is 1.06. The molecule has 2 heterocycles. The number of benzene rings is 2. The number of carbonyl (C=O) groups excluding carboxylic acids is 1. The van der Waals surface area contributed by atoms with E-state index in [1.54, 1.807) is 62.8 Å². The largest absolute Gasteiger partial charge is 0.493 e. The van der Waals surface area contributed by atoms with Crippen LogP contribution >= 0.6 is 11.8 Å². The van der Waals surface area contributed by atoms with E-state index in [1.165, 1.54) is 35.2 Å². The van der Waals surface area contributed by atoms with Gasteiger partial charge in [-0.05, 0) is 53.7 Å². The summed E-state index contributed by atoms with van der Waals surface area (Å²) in [5.74, 6) is 1.10. The molecule has 0 unspecified atom stereocenters. The molecule has 0 radical (unpaired) electrons.